The molecule has 0 saturated carbocycles. The zero-order chi connectivity index (χ0) is 13.6. The van der Waals surface area contributed by atoms with E-state index in [1.807, 2.05) is 0 Å². The zero-order valence-corrected chi connectivity index (χ0v) is 12.4. The molecule has 0 N–H and O–H groups in total. The summed E-state index contributed by atoms with van der Waals surface area (Å²) >= 11 is 0. The van der Waals surface area contributed by atoms with Crippen LogP contribution in [0.5, 0.6) is 0 Å². The number of carbonyl (C=O) groups is 1. The van der Waals surface area contributed by atoms with Gasteiger partial charge in [-0.3, -0.25) is 4.79 Å². The Kier molecular flexibility index (Phi) is 10.4. The van der Waals surface area contributed by atoms with E-state index in [0.29, 0.717) is 5.78 Å². The maximum atomic E-state index is 11.6. The van der Waals surface area contributed by atoms with Gasteiger partial charge in [-0.05, 0) is 32.1 Å². The molecule has 0 amide bonds. The monoisotopic (exact) mass is 262 g/mol. The van der Waals surface area contributed by atoms with Crippen LogP contribution in [0.1, 0.15) is 83.5 Å². The normalized spacial score (nSPS) is 25.2. The fraction of sp³-hybridized carbons (Fsp3) is 0.722. The summed E-state index contributed by atoms with van der Waals surface area (Å²) in [6.07, 6.45) is 24.1. The van der Waals surface area contributed by atoms with Gasteiger partial charge in [0.05, 0.1) is 0 Å². The second kappa shape index (κ2) is 12.2. The maximum Gasteiger partial charge on any atom is 0.132 e. The predicted octanol–water partition coefficient (Wildman–Crippen LogP) is 5.75. The van der Waals surface area contributed by atoms with Gasteiger partial charge in [-0.25, -0.2) is 0 Å². The third-order valence-corrected chi connectivity index (χ3v) is 3.79. The van der Waals surface area contributed by atoms with Crippen molar-refractivity contribution >= 4 is 5.78 Å². The summed E-state index contributed by atoms with van der Waals surface area (Å²) in [7, 11) is 0. The molecule has 0 heterocycles. The number of ketones is 1. The molecule has 1 aliphatic rings. The topological polar surface area (TPSA) is 17.1 Å². The molecular weight excluding hydrogens is 232 g/mol. The summed E-state index contributed by atoms with van der Waals surface area (Å²) in [5.41, 5.74) is 0. The van der Waals surface area contributed by atoms with Gasteiger partial charge in [-0.2, -0.15) is 0 Å². The van der Waals surface area contributed by atoms with Crippen LogP contribution in [0.3, 0.4) is 0 Å². The number of carbonyl (C=O) groups excluding carboxylic acids is 1. The van der Waals surface area contributed by atoms with Crippen LogP contribution in [-0.2, 0) is 4.79 Å². The van der Waals surface area contributed by atoms with Gasteiger partial charge in [0.25, 0.3) is 0 Å². The number of rotatable bonds is 0. The Morgan fingerprint density at radius 1 is 0.579 bits per heavy atom. The fourth-order valence-corrected chi connectivity index (χ4v) is 2.54. The highest BCUT2D eigenvalue weighted by atomic mass is 16.1. The Labute approximate surface area is 119 Å². The molecule has 0 atom stereocenters. The summed E-state index contributed by atoms with van der Waals surface area (Å²) in [5.74, 6) is 0.463. The van der Waals surface area contributed by atoms with Gasteiger partial charge in [0.2, 0.25) is 0 Å². The molecule has 0 saturated heterocycles. The standard InChI is InChI=1S/C18H30O/c19-18-16-14-12-10-8-6-4-2-1-3-5-7-9-11-13-15-17-18/h4,6,8,10H,1-3,5,7,9,11-17H2/b6-4-,10-8-. The Hall–Kier alpha value is -0.850. The summed E-state index contributed by atoms with van der Waals surface area (Å²) in [6.45, 7) is 0. The highest BCUT2D eigenvalue weighted by molar-refractivity contribution is 5.78. The number of allylic oxidation sites excluding steroid dienone is 4. The summed E-state index contributed by atoms with van der Waals surface area (Å²) in [5, 5.41) is 0. The largest absolute Gasteiger partial charge is 0.300 e. The summed E-state index contributed by atoms with van der Waals surface area (Å²) < 4.78 is 0. The molecule has 0 aromatic heterocycles. The summed E-state index contributed by atoms with van der Waals surface area (Å²) in [6, 6.07) is 0. The average molecular weight is 262 g/mol. The molecular formula is C18H30O. The Bertz CT molecular complexity index is 275. The summed E-state index contributed by atoms with van der Waals surface area (Å²) in [4.78, 5) is 11.6. The van der Waals surface area contributed by atoms with E-state index in [2.05, 4.69) is 24.3 Å². The first-order chi connectivity index (χ1) is 9.39. The van der Waals surface area contributed by atoms with Gasteiger partial charge >= 0.3 is 0 Å². The second-order valence-corrected chi connectivity index (χ2v) is 5.65. The molecule has 1 rings (SSSR count). The van der Waals surface area contributed by atoms with Gasteiger partial charge in [-0.15, -0.1) is 0 Å². The van der Waals surface area contributed by atoms with Crippen molar-refractivity contribution in [2.45, 2.75) is 83.5 Å². The Morgan fingerprint density at radius 3 is 1.74 bits per heavy atom. The second-order valence-electron chi connectivity index (χ2n) is 5.65. The lowest BCUT2D eigenvalue weighted by Crippen LogP contribution is -1.97. The van der Waals surface area contributed by atoms with Crippen LogP contribution < -0.4 is 0 Å². The Balaban J connectivity index is 2.23. The van der Waals surface area contributed by atoms with Crippen LogP contribution >= 0.6 is 0 Å². The van der Waals surface area contributed by atoms with E-state index in [-0.39, 0.29) is 0 Å². The third-order valence-electron chi connectivity index (χ3n) is 3.79. The van der Waals surface area contributed by atoms with Crippen LogP contribution in [0.25, 0.3) is 0 Å². The lowest BCUT2D eigenvalue weighted by molar-refractivity contribution is -0.119. The minimum absolute atomic E-state index is 0.463. The molecule has 0 fully saturated rings. The molecule has 0 radical (unpaired) electrons. The van der Waals surface area contributed by atoms with E-state index in [4.69, 9.17) is 0 Å². The zero-order valence-electron chi connectivity index (χ0n) is 12.4. The van der Waals surface area contributed by atoms with Gasteiger partial charge in [0, 0.05) is 12.8 Å². The van der Waals surface area contributed by atoms with Crippen molar-refractivity contribution < 1.29 is 4.79 Å². The predicted molar refractivity (Wildman–Crippen MR) is 83.3 cm³/mol. The smallest absolute Gasteiger partial charge is 0.132 e. The van der Waals surface area contributed by atoms with Gasteiger partial charge < -0.3 is 0 Å². The third kappa shape index (κ3) is 10.7. The number of Topliss-reactive ketones (excluding diaryl/α,β-unsaturated/α-hetero) is 1. The van der Waals surface area contributed by atoms with Crippen LogP contribution in [0.15, 0.2) is 24.3 Å². The van der Waals surface area contributed by atoms with E-state index in [0.717, 1.165) is 32.1 Å². The highest BCUT2D eigenvalue weighted by Gasteiger charge is 2.01. The molecule has 1 nitrogen and oxygen atoms in total. The molecule has 1 aliphatic carbocycles. The fourth-order valence-electron chi connectivity index (χ4n) is 2.54. The van der Waals surface area contributed by atoms with Crippen LogP contribution in [0.4, 0.5) is 0 Å². The lowest BCUT2D eigenvalue weighted by Gasteiger charge is -2.02. The Morgan fingerprint density at radius 2 is 1.05 bits per heavy atom. The molecule has 0 aromatic rings. The number of hydrogen-bond donors (Lipinski definition) is 0. The van der Waals surface area contributed by atoms with Crippen molar-refractivity contribution in [3.05, 3.63) is 24.3 Å². The van der Waals surface area contributed by atoms with E-state index in [1.54, 1.807) is 0 Å². The highest BCUT2D eigenvalue weighted by Crippen LogP contribution is 2.12. The van der Waals surface area contributed by atoms with Crippen molar-refractivity contribution in [1.29, 1.82) is 0 Å². The minimum atomic E-state index is 0.463. The lowest BCUT2D eigenvalue weighted by atomic mass is 10.0. The van der Waals surface area contributed by atoms with E-state index in [9.17, 15) is 4.79 Å². The first kappa shape index (κ1) is 16.2. The average Bonchev–Trinajstić information content (AvgIpc) is 2.41. The van der Waals surface area contributed by atoms with Crippen LogP contribution in [0, 0.1) is 0 Å². The minimum Gasteiger partial charge on any atom is -0.300 e. The molecule has 19 heavy (non-hydrogen) atoms. The van der Waals surface area contributed by atoms with Crippen molar-refractivity contribution in [2.75, 3.05) is 0 Å². The van der Waals surface area contributed by atoms with Gasteiger partial charge in [-0.1, -0.05) is 62.8 Å². The molecule has 0 bridgehead atoms. The van der Waals surface area contributed by atoms with Gasteiger partial charge in [0.1, 0.15) is 5.78 Å². The van der Waals surface area contributed by atoms with Gasteiger partial charge in [0.15, 0.2) is 0 Å². The molecule has 0 unspecified atom stereocenters. The quantitative estimate of drug-likeness (QED) is 0.543. The molecule has 108 valence electrons. The first-order valence-corrected chi connectivity index (χ1v) is 8.23. The van der Waals surface area contributed by atoms with E-state index < -0.39 is 0 Å². The number of hydrogen-bond acceptors (Lipinski definition) is 1. The molecule has 1 heteroatoms. The van der Waals surface area contributed by atoms with Crippen LogP contribution in [-0.4, -0.2) is 5.78 Å². The molecule has 0 spiro atoms. The van der Waals surface area contributed by atoms with E-state index in [1.165, 1.54) is 51.4 Å². The van der Waals surface area contributed by atoms with Crippen molar-refractivity contribution in [1.82, 2.24) is 0 Å². The van der Waals surface area contributed by atoms with Crippen molar-refractivity contribution in [3.8, 4) is 0 Å². The molecule has 0 aliphatic heterocycles. The first-order valence-electron chi connectivity index (χ1n) is 8.23. The SMILES string of the molecule is O=C1CCC/C=C\C=C/CCCCCCCCCC1. The molecule has 0 aromatic carbocycles. The van der Waals surface area contributed by atoms with E-state index >= 15 is 0 Å². The van der Waals surface area contributed by atoms with Crippen LogP contribution in [0.2, 0.25) is 0 Å². The maximum absolute atomic E-state index is 11.6. The van der Waals surface area contributed by atoms with Crippen molar-refractivity contribution in [2.24, 2.45) is 0 Å². The van der Waals surface area contributed by atoms with Crippen molar-refractivity contribution in [3.63, 3.8) is 0 Å².